The number of benzene rings is 3. The molecule has 2 aromatic heterocycles. The third-order valence-electron chi connectivity index (χ3n) is 6.39. The molecule has 5 aromatic rings. The van der Waals surface area contributed by atoms with E-state index in [0.717, 1.165) is 22.8 Å². The topological polar surface area (TPSA) is 9.86 Å². The van der Waals surface area contributed by atoms with Crippen molar-refractivity contribution < 1.29 is 0 Å². The minimum Gasteiger partial charge on any atom is -0.310 e. The summed E-state index contributed by atoms with van der Waals surface area (Å²) < 4.78 is 4.55. The van der Waals surface area contributed by atoms with Crippen molar-refractivity contribution in [1.82, 2.24) is 9.13 Å². The number of aromatic nitrogens is 2. The highest BCUT2D eigenvalue weighted by Crippen LogP contribution is 2.36. The van der Waals surface area contributed by atoms with E-state index in [0.29, 0.717) is 0 Å². The number of hydrogen-bond acceptors (Lipinski definition) is 0. The number of hydrogen-bond donors (Lipinski definition) is 0. The van der Waals surface area contributed by atoms with Crippen molar-refractivity contribution in [1.29, 1.82) is 0 Å². The maximum absolute atomic E-state index is 4.04. The van der Waals surface area contributed by atoms with Gasteiger partial charge in [0.2, 0.25) is 0 Å². The molecular weight excluding hydrogens is 412 g/mol. The van der Waals surface area contributed by atoms with Crippen molar-refractivity contribution in [3.63, 3.8) is 0 Å². The van der Waals surface area contributed by atoms with Gasteiger partial charge in [-0.25, -0.2) is 0 Å². The highest BCUT2D eigenvalue weighted by atomic mass is 15.0. The lowest BCUT2D eigenvalue weighted by molar-refractivity contribution is 1.06. The van der Waals surface area contributed by atoms with E-state index in [1.807, 2.05) is 24.3 Å². The van der Waals surface area contributed by atoms with Gasteiger partial charge < -0.3 is 9.13 Å². The molecule has 0 aliphatic heterocycles. The quantitative estimate of drug-likeness (QED) is 0.250. The molecule has 0 atom stereocenters. The minimum atomic E-state index is 1.08. The van der Waals surface area contributed by atoms with Crippen LogP contribution in [-0.2, 0) is 0 Å². The van der Waals surface area contributed by atoms with Gasteiger partial charge in [0.25, 0.3) is 0 Å². The molecule has 0 unspecified atom stereocenters. The zero-order chi connectivity index (χ0) is 23.7. The Hall–Kier alpha value is -4.30. The van der Waals surface area contributed by atoms with Gasteiger partial charge in [-0.15, -0.1) is 0 Å². The van der Waals surface area contributed by atoms with Gasteiger partial charge in [0.1, 0.15) is 0 Å². The summed E-state index contributed by atoms with van der Waals surface area (Å²) in [4.78, 5) is 0. The van der Waals surface area contributed by atoms with Crippen LogP contribution >= 0.6 is 0 Å². The lowest BCUT2D eigenvalue weighted by atomic mass is 9.96. The molecule has 0 spiro atoms. The molecule has 5 rings (SSSR count). The summed E-state index contributed by atoms with van der Waals surface area (Å²) in [5.74, 6) is 0. The molecule has 166 valence electrons. The zero-order valence-corrected chi connectivity index (χ0v) is 19.7. The third kappa shape index (κ3) is 3.64. The maximum Gasteiger partial charge on any atom is 0.0537 e. The lowest BCUT2D eigenvalue weighted by Crippen LogP contribution is -2.02. The second-order valence-electron chi connectivity index (χ2n) is 8.52. The summed E-state index contributed by atoms with van der Waals surface area (Å²) in [6, 6.07) is 34.2. The van der Waals surface area contributed by atoms with Crippen LogP contribution in [0.25, 0.3) is 46.0 Å². The molecule has 2 heterocycles. The highest BCUT2D eigenvalue weighted by molar-refractivity contribution is 5.78. The number of aryl methyl sites for hydroxylation is 2. The highest BCUT2D eigenvalue weighted by Gasteiger charge is 2.17. The Morgan fingerprint density at radius 3 is 1.26 bits per heavy atom. The summed E-state index contributed by atoms with van der Waals surface area (Å²) in [5, 5.41) is 0. The van der Waals surface area contributed by atoms with Crippen molar-refractivity contribution in [2.45, 2.75) is 13.8 Å². The molecule has 0 N–H and O–H groups in total. The first kappa shape index (κ1) is 21.5. The molecule has 34 heavy (non-hydrogen) atoms. The Morgan fingerprint density at radius 2 is 0.912 bits per heavy atom. The Balaban J connectivity index is 1.68. The van der Waals surface area contributed by atoms with Crippen molar-refractivity contribution in [2.24, 2.45) is 0 Å². The van der Waals surface area contributed by atoms with Gasteiger partial charge in [0, 0.05) is 33.9 Å². The fourth-order valence-corrected chi connectivity index (χ4v) is 4.74. The molecule has 2 nitrogen and oxygen atoms in total. The molecule has 0 amide bonds. The van der Waals surface area contributed by atoms with Gasteiger partial charge >= 0.3 is 0 Å². The molecular formula is C32H28N2. The molecule has 3 aromatic carbocycles. The summed E-state index contributed by atoms with van der Waals surface area (Å²) in [6.45, 7) is 12.5. The Bertz CT molecular complexity index is 1370. The van der Waals surface area contributed by atoms with Crippen LogP contribution in [0.3, 0.4) is 0 Å². The predicted molar refractivity (Wildman–Crippen MR) is 146 cm³/mol. The van der Waals surface area contributed by atoms with E-state index in [-0.39, 0.29) is 0 Å². The van der Waals surface area contributed by atoms with Crippen molar-refractivity contribution in [3.05, 3.63) is 133 Å². The van der Waals surface area contributed by atoms with Gasteiger partial charge in [-0.3, -0.25) is 0 Å². The third-order valence-corrected chi connectivity index (χ3v) is 6.39. The molecule has 0 aliphatic carbocycles. The zero-order valence-electron chi connectivity index (χ0n) is 19.7. The Kier molecular flexibility index (Phi) is 5.65. The van der Waals surface area contributed by atoms with Crippen molar-refractivity contribution in [2.75, 3.05) is 0 Å². The standard InChI is InChI=1S/C32H28N2/c1-5-25-17-19-31(33(25)27-13-9-7-10-14-27)29-21-24(4)30(22-23(29)3)32-20-18-26(6-2)34(32)28-15-11-8-12-16-28/h5-22H,1-2H2,3-4H3. The first-order valence-electron chi connectivity index (χ1n) is 11.5. The largest absolute Gasteiger partial charge is 0.310 e. The Labute approximate surface area is 201 Å². The van der Waals surface area contributed by atoms with Crippen LogP contribution in [-0.4, -0.2) is 9.13 Å². The van der Waals surface area contributed by atoms with E-state index in [1.165, 1.54) is 33.6 Å². The second kappa shape index (κ2) is 8.92. The maximum atomic E-state index is 4.04. The van der Waals surface area contributed by atoms with Gasteiger partial charge in [-0.05, 0) is 97.8 Å². The Morgan fingerprint density at radius 1 is 0.529 bits per heavy atom. The smallest absolute Gasteiger partial charge is 0.0537 e. The molecule has 0 bridgehead atoms. The minimum absolute atomic E-state index is 1.08. The SMILES string of the molecule is C=Cc1ccc(-c2cc(C)c(-c3ccc(C=C)n3-c3ccccc3)cc2C)n1-c1ccccc1. The van der Waals surface area contributed by atoms with E-state index in [1.54, 1.807) is 0 Å². The van der Waals surface area contributed by atoms with Crippen LogP contribution in [0.4, 0.5) is 0 Å². The number of nitrogens with zero attached hydrogens (tertiary/aromatic N) is 2. The van der Waals surface area contributed by atoms with E-state index in [4.69, 9.17) is 0 Å². The average Bonchev–Trinajstić information content (AvgIpc) is 3.50. The first-order chi connectivity index (χ1) is 16.6. The summed E-state index contributed by atoms with van der Waals surface area (Å²) in [7, 11) is 0. The molecule has 0 fully saturated rings. The van der Waals surface area contributed by atoms with E-state index >= 15 is 0 Å². The fraction of sp³-hybridized carbons (Fsp3) is 0.0625. The van der Waals surface area contributed by atoms with Crippen LogP contribution in [0.5, 0.6) is 0 Å². The summed E-state index contributed by atoms with van der Waals surface area (Å²) >= 11 is 0. The lowest BCUT2D eigenvalue weighted by Gasteiger charge is -2.18. The first-order valence-corrected chi connectivity index (χ1v) is 11.5. The molecule has 0 radical (unpaired) electrons. The van der Waals surface area contributed by atoms with Gasteiger partial charge in [-0.2, -0.15) is 0 Å². The molecule has 2 heteroatoms. The van der Waals surface area contributed by atoms with Gasteiger partial charge in [0.05, 0.1) is 11.4 Å². The van der Waals surface area contributed by atoms with Gasteiger partial charge in [0.15, 0.2) is 0 Å². The number of para-hydroxylation sites is 2. The molecule has 0 saturated heterocycles. The second-order valence-corrected chi connectivity index (χ2v) is 8.52. The van der Waals surface area contributed by atoms with E-state index in [9.17, 15) is 0 Å². The van der Waals surface area contributed by atoms with E-state index < -0.39 is 0 Å². The van der Waals surface area contributed by atoms with E-state index in [2.05, 4.69) is 121 Å². The fourth-order valence-electron chi connectivity index (χ4n) is 4.74. The van der Waals surface area contributed by atoms with Gasteiger partial charge in [-0.1, -0.05) is 49.6 Å². The monoisotopic (exact) mass is 440 g/mol. The van der Waals surface area contributed by atoms with Crippen LogP contribution in [0.1, 0.15) is 22.5 Å². The molecule has 0 aliphatic rings. The van der Waals surface area contributed by atoms with Crippen molar-refractivity contribution >= 4 is 12.2 Å². The average molecular weight is 441 g/mol. The number of rotatable bonds is 6. The van der Waals surface area contributed by atoms with Crippen LogP contribution < -0.4 is 0 Å². The van der Waals surface area contributed by atoms with Crippen LogP contribution in [0, 0.1) is 13.8 Å². The van der Waals surface area contributed by atoms with Crippen LogP contribution in [0.15, 0.2) is 110 Å². The molecule has 0 saturated carbocycles. The normalized spacial score (nSPS) is 10.9. The van der Waals surface area contributed by atoms with Crippen LogP contribution in [0.2, 0.25) is 0 Å². The summed E-state index contributed by atoms with van der Waals surface area (Å²) in [6.07, 6.45) is 3.83. The predicted octanol–water partition coefficient (Wildman–Crippen LogP) is 8.50. The summed E-state index contributed by atoms with van der Waals surface area (Å²) in [5.41, 5.74) is 11.7. The van der Waals surface area contributed by atoms with Crippen molar-refractivity contribution in [3.8, 4) is 33.9 Å².